The minimum Gasteiger partial charge on any atom is -0.426 e. The fourth-order valence-electron chi connectivity index (χ4n) is 3.32. The van der Waals surface area contributed by atoms with Crippen LogP contribution >= 0.6 is 11.3 Å². The maximum Gasteiger partial charge on any atom is 0.313 e. The SMILES string of the molecule is O=C(CC(NC(=O)c1ccccc1)c1ccccc1)Oc1ccc(NC(=O)c2cccs2)cc1. The average Bonchev–Trinajstić information content (AvgIpc) is 3.41. The molecule has 0 aliphatic carbocycles. The zero-order chi connectivity index (χ0) is 23.8. The molecule has 34 heavy (non-hydrogen) atoms. The summed E-state index contributed by atoms with van der Waals surface area (Å²) in [6.07, 6.45) is -0.0422. The predicted molar refractivity (Wildman–Crippen MR) is 132 cm³/mol. The highest BCUT2D eigenvalue weighted by Crippen LogP contribution is 2.21. The first-order valence-electron chi connectivity index (χ1n) is 10.6. The molecule has 0 aliphatic rings. The third kappa shape index (κ3) is 6.17. The fourth-order valence-corrected chi connectivity index (χ4v) is 3.93. The van der Waals surface area contributed by atoms with Gasteiger partial charge in [-0.2, -0.15) is 0 Å². The molecule has 4 rings (SSSR count). The Hall–Kier alpha value is -4.23. The first-order valence-corrected chi connectivity index (χ1v) is 11.5. The van der Waals surface area contributed by atoms with Crippen LogP contribution < -0.4 is 15.4 Å². The van der Waals surface area contributed by atoms with Crippen LogP contribution in [0.4, 0.5) is 5.69 Å². The average molecular weight is 471 g/mol. The van der Waals surface area contributed by atoms with E-state index in [-0.39, 0.29) is 18.2 Å². The molecular weight excluding hydrogens is 448 g/mol. The maximum atomic E-state index is 12.7. The summed E-state index contributed by atoms with van der Waals surface area (Å²) in [4.78, 5) is 38.1. The summed E-state index contributed by atoms with van der Waals surface area (Å²) in [7, 11) is 0. The lowest BCUT2D eigenvalue weighted by atomic mass is 10.0. The van der Waals surface area contributed by atoms with E-state index in [2.05, 4.69) is 10.6 Å². The van der Waals surface area contributed by atoms with Gasteiger partial charge in [-0.3, -0.25) is 14.4 Å². The quantitative estimate of drug-likeness (QED) is 0.264. The predicted octanol–water partition coefficient (Wildman–Crippen LogP) is 5.47. The Bertz CT molecular complexity index is 1240. The molecule has 0 fully saturated rings. The second-order valence-corrected chi connectivity index (χ2v) is 8.38. The lowest BCUT2D eigenvalue weighted by molar-refractivity contribution is -0.134. The number of hydrogen-bond donors (Lipinski definition) is 2. The number of ether oxygens (including phenoxy) is 1. The van der Waals surface area contributed by atoms with E-state index in [4.69, 9.17) is 4.74 Å². The van der Waals surface area contributed by atoms with E-state index >= 15 is 0 Å². The molecule has 0 saturated heterocycles. The number of carbonyl (C=O) groups is 3. The third-order valence-electron chi connectivity index (χ3n) is 5.00. The number of hydrogen-bond acceptors (Lipinski definition) is 5. The van der Waals surface area contributed by atoms with Crippen molar-refractivity contribution in [2.24, 2.45) is 0 Å². The van der Waals surface area contributed by atoms with Gasteiger partial charge in [-0.15, -0.1) is 11.3 Å². The Kier molecular flexibility index (Phi) is 7.47. The Balaban J connectivity index is 1.39. The highest BCUT2D eigenvalue weighted by molar-refractivity contribution is 7.12. The van der Waals surface area contributed by atoms with Crippen LogP contribution in [0.15, 0.2) is 102 Å². The standard InChI is InChI=1S/C27H22N2O4S/c30-25(33-22-15-13-21(14-16-22)28-27(32)24-12-7-17-34-24)18-23(19-8-3-1-4-9-19)29-26(31)20-10-5-2-6-11-20/h1-17,23H,18H2,(H,28,32)(H,29,31). The minimum absolute atomic E-state index is 0.0422. The second-order valence-electron chi connectivity index (χ2n) is 7.44. The van der Waals surface area contributed by atoms with E-state index in [9.17, 15) is 14.4 Å². The number of anilines is 1. The van der Waals surface area contributed by atoms with Gasteiger partial charge in [-0.1, -0.05) is 54.6 Å². The number of benzene rings is 3. The molecule has 0 radical (unpaired) electrons. The molecule has 2 amide bonds. The number of amides is 2. The number of carbonyl (C=O) groups excluding carboxylic acids is 3. The summed E-state index contributed by atoms with van der Waals surface area (Å²) in [6.45, 7) is 0. The van der Waals surface area contributed by atoms with Crippen LogP contribution in [0.3, 0.4) is 0 Å². The van der Waals surface area contributed by atoms with Gasteiger partial charge in [-0.25, -0.2) is 0 Å². The van der Waals surface area contributed by atoms with E-state index in [1.807, 2.05) is 47.8 Å². The van der Waals surface area contributed by atoms with Crippen LogP contribution in [0.1, 0.15) is 38.1 Å². The Morgan fingerprint density at radius 3 is 2.09 bits per heavy atom. The number of esters is 1. The topological polar surface area (TPSA) is 84.5 Å². The smallest absolute Gasteiger partial charge is 0.313 e. The van der Waals surface area contributed by atoms with Crippen LogP contribution in [-0.4, -0.2) is 17.8 Å². The van der Waals surface area contributed by atoms with Crippen molar-refractivity contribution in [2.45, 2.75) is 12.5 Å². The zero-order valence-corrected chi connectivity index (χ0v) is 19.0. The van der Waals surface area contributed by atoms with Gasteiger partial charge in [0.15, 0.2) is 0 Å². The second kappa shape index (κ2) is 11.1. The van der Waals surface area contributed by atoms with Gasteiger partial charge in [0.25, 0.3) is 11.8 Å². The molecule has 2 N–H and O–H groups in total. The first kappa shape index (κ1) is 22.9. The van der Waals surface area contributed by atoms with E-state index in [1.54, 1.807) is 54.6 Å². The van der Waals surface area contributed by atoms with Gasteiger partial charge in [0.2, 0.25) is 0 Å². The van der Waals surface area contributed by atoms with Gasteiger partial charge < -0.3 is 15.4 Å². The first-order chi connectivity index (χ1) is 16.6. The van der Waals surface area contributed by atoms with Gasteiger partial charge in [-0.05, 0) is 53.4 Å². The molecule has 170 valence electrons. The molecule has 0 spiro atoms. The monoisotopic (exact) mass is 470 g/mol. The van der Waals surface area contributed by atoms with Gasteiger partial charge in [0.05, 0.1) is 17.3 Å². The van der Waals surface area contributed by atoms with E-state index < -0.39 is 12.0 Å². The summed E-state index contributed by atoms with van der Waals surface area (Å²) >= 11 is 1.36. The van der Waals surface area contributed by atoms with E-state index in [0.29, 0.717) is 21.9 Å². The Labute approximate surface area is 201 Å². The molecule has 3 aromatic carbocycles. The Morgan fingerprint density at radius 2 is 1.44 bits per heavy atom. The van der Waals surface area contributed by atoms with Crippen LogP contribution in [0.25, 0.3) is 0 Å². The molecule has 0 bridgehead atoms. The van der Waals surface area contributed by atoms with E-state index in [1.165, 1.54) is 11.3 Å². The molecule has 1 atom stereocenters. The van der Waals surface area contributed by atoms with Crippen LogP contribution in [0.5, 0.6) is 5.75 Å². The van der Waals surface area contributed by atoms with Crippen molar-refractivity contribution in [3.05, 3.63) is 118 Å². The summed E-state index contributed by atoms with van der Waals surface area (Å²) in [5.41, 5.74) is 1.91. The summed E-state index contributed by atoms with van der Waals surface area (Å²) < 4.78 is 5.48. The summed E-state index contributed by atoms with van der Waals surface area (Å²) in [5, 5.41) is 7.56. The van der Waals surface area contributed by atoms with Crippen molar-refractivity contribution in [3.8, 4) is 5.75 Å². The number of rotatable bonds is 8. The lowest BCUT2D eigenvalue weighted by Crippen LogP contribution is -2.31. The molecule has 4 aromatic rings. The van der Waals surface area contributed by atoms with Crippen molar-refractivity contribution in [1.82, 2.24) is 5.32 Å². The zero-order valence-electron chi connectivity index (χ0n) is 18.1. The molecule has 7 heteroatoms. The van der Waals surface area contributed by atoms with Gasteiger partial charge in [0, 0.05) is 11.3 Å². The summed E-state index contributed by atoms with van der Waals surface area (Å²) in [6, 6.07) is 27.7. The molecule has 0 aliphatic heterocycles. The number of nitrogens with one attached hydrogen (secondary N) is 2. The summed E-state index contributed by atoms with van der Waals surface area (Å²) in [5.74, 6) is -0.606. The molecule has 1 heterocycles. The molecule has 6 nitrogen and oxygen atoms in total. The molecule has 0 saturated carbocycles. The molecular formula is C27H22N2O4S. The van der Waals surface area contributed by atoms with Crippen molar-refractivity contribution in [3.63, 3.8) is 0 Å². The lowest BCUT2D eigenvalue weighted by Gasteiger charge is -2.19. The highest BCUT2D eigenvalue weighted by Gasteiger charge is 2.20. The number of thiophene rings is 1. The normalized spacial score (nSPS) is 11.3. The maximum absolute atomic E-state index is 12.7. The van der Waals surface area contributed by atoms with Gasteiger partial charge >= 0.3 is 5.97 Å². The highest BCUT2D eigenvalue weighted by atomic mass is 32.1. The van der Waals surface area contributed by atoms with Crippen LogP contribution in [0.2, 0.25) is 0 Å². The Morgan fingerprint density at radius 1 is 0.765 bits per heavy atom. The van der Waals surface area contributed by atoms with Crippen molar-refractivity contribution in [2.75, 3.05) is 5.32 Å². The van der Waals surface area contributed by atoms with E-state index in [0.717, 1.165) is 5.56 Å². The van der Waals surface area contributed by atoms with Crippen LogP contribution in [0, 0.1) is 0 Å². The van der Waals surface area contributed by atoms with Gasteiger partial charge in [0.1, 0.15) is 5.75 Å². The van der Waals surface area contributed by atoms with Crippen molar-refractivity contribution in [1.29, 1.82) is 0 Å². The largest absolute Gasteiger partial charge is 0.426 e. The fraction of sp³-hybridized carbons (Fsp3) is 0.0741. The molecule has 1 aromatic heterocycles. The van der Waals surface area contributed by atoms with Crippen LogP contribution in [-0.2, 0) is 4.79 Å². The molecule has 1 unspecified atom stereocenters. The van der Waals surface area contributed by atoms with Crippen molar-refractivity contribution >= 4 is 34.8 Å². The van der Waals surface area contributed by atoms with Crippen molar-refractivity contribution < 1.29 is 19.1 Å². The minimum atomic E-state index is -0.550. The third-order valence-corrected chi connectivity index (χ3v) is 5.87.